The maximum Gasteiger partial charge on any atom is 0.238 e. The molecule has 6 nitrogen and oxygen atoms in total. The Labute approximate surface area is 111 Å². The lowest BCUT2D eigenvalue weighted by Gasteiger charge is -2.04. The Morgan fingerprint density at radius 2 is 2.00 bits per heavy atom. The Bertz CT molecular complexity index is 606. The summed E-state index contributed by atoms with van der Waals surface area (Å²) in [5, 5.41) is 8.23. The average molecular weight is 281 g/mol. The molecular weight excluding hydrogens is 266 g/mol. The van der Waals surface area contributed by atoms with E-state index in [4.69, 9.17) is 9.56 Å². The van der Waals surface area contributed by atoms with Crippen LogP contribution in [0, 0.1) is 0 Å². The van der Waals surface area contributed by atoms with Gasteiger partial charge in [-0.05, 0) is 30.7 Å². The number of aromatic nitrogens is 1. The van der Waals surface area contributed by atoms with Crippen molar-refractivity contribution in [2.24, 2.45) is 5.14 Å². The van der Waals surface area contributed by atoms with E-state index in [2.05, 4.69) is 10.3 Å². The zero-order valence-corrected chi connectivity index (χ0v) is 11.1. The van der Waals surface area contributed by atoms with Gasteiger partial charge in [0, 0.05) is 0 Å². The van der Waals surface area contributed by atoms with Crippen LogP contribution in [0.1, 0.15) is 11.3 Å². The van der Waals surface area contributed by atoms with Crippen LogP contribution in [0.2, 0.25) is 0 Å². The van der Waals surface area contributed by atoms with Crippen molar-refractivity contribution in [3.63, 3.8) is 0 Å². The molecule has 2 aromatic rings. The standard InChI is InChI=1S/C12H15N3O3S/c13-19(16,17)12-3-1-10(2-4-12)5-6-14-7-11-8-15-9-18-11/h1-4,8-9,14H,5-7H2,(H2,13,16,17). The normalized spacial score (nSPS) is 11.6. The van der Waals surface area contributed by atoms with Crippen molar-refractivity contribution in [1.82, 2.24) is 10.3 Å². The summed E-state index contributed by atoms with van der Waals surface area (Å²) in [5.41, 5.74) is 1.04. The molecule has 0 radical (unpaired) electrons. The van der Waals surface area contributed by atoms with Gasteiger partial charge in [-0.2, -0.15) is 0 Å². The van der Waals surface area contributed by atoms with Gasteiger partial charge in [0.2, 0.25) is 10.0 Å². The van der Waals surface area contributed by atoms with Crippen molar-refractivity contribution in [3.8, 4) is 0 Å². The van der Waals surface area contributed by atoms with E-state index in [1.165, 1.54) is 18.5 Å². The second kappa shape index (κ2) is 5.96. The smallest absolute Gasteiger partial charge is 0.238 e. The minimum absolute atomic E-state index is 0.130. The van der Waals surface area contributed by atoms with Gasteiger partial charge in [0.25, 0.3) is 0 Å². The number of sulfonamides is 1. The monoisotopic (exact) mass is 281 g/mol. The molecule has 0 saturated heterocycles. The summed E-state index contributed by atoms with van der Waals surface area (Å²) in [6.07, 6.45) is 3.84. The molecule has 19 heavy (non-hydrogen) atoms. The van der Waals surface area contributed by atoms with E-state index in [0.29, 0.717) is 6.54 Å². The molecule has 0 unspecified atom stereocenters. The zero-order chi connectivity index (χ0) is 13.7. The predicted octanol–water partition coefficient (Wildman–Crippen LogP) is 0.654. The molecule has 1 heterocycles. The second-order valence-electron chi connectivity index (χ2n) is 4.08. The van der Waals surface area contributed by atoms with Gasteiger partial charge >= 0.3 is 0 Å². The maximum absolute atomic E-state index is 11.1. The van der Waals surface area contributed by atoms with E-state index in [1.54, 1.807) is 18.3 Å². The highest BCUT2D eigenvalue weighted by Crippen LogP contribution is 2.08. The van der Waals surface area contributed by atoms with Gasteiger partial charge in [0.15, 0.2) is 6.39 Å². The third kappa shape index (κ3) is 4.16. The Balaban J connectivity index is 1.80. The molecule has 1 aromatic heterocycles. The number of hydrogen-bond donors (Lipinski definition) is 2. The molecule has 0 spiro atoms. The minimum atomic E-state index is -3.61. The highest BCUT2D eigenvalue weighted by molar-refractivity contribution is 7.89. The largest absolute Gasteiger partial charge is 0.447 e. The summed E-state index contributed by atoms with van der Waals surface area (Å²) in [7, 11) is -3.61. The number of nitrogens with zero attached hydrogens (tertiary/aromatic N) is 1. The Kier molecular flexibility index (Phi) is 4.31. The van der Waals surface area contributed by atoms with E-state index >= 15 is 0 Å². The maximum atomic E-state index is 11.1. The van der Waals surface area contributed by atoms with Crippen molar-refractivity contribution < 1.29 is 12.8 Å². The first-order valence-corrected chi connectivity index (χ1v) is 7.30. The Hall–Kier alpha value is -1.70. The summed E-state index contributed by atoms with van der Waals surface area (Å²) >= 11 is 0. The molecular formula is C12H15N3O3S. The van der Waals surface area contributed by atoms with Crippen LogP contribution in [-0.2, 0) is 23.0 Å². The molecule has 0 aliphatic rings. The van der Waals surface area contributed by atoms with Crippen molar-refractivity contribution in [2.75, 3.05) is 6.54 Å². The second-order valence-corrected chi connectivity index (χ2v) is 5.64. The van der Waals surface area contributed by atoms with E-state index in [1.807, 2.05) is 0 Å². The third-order valence-electron chi connectivity index (χ3n) is 2.63. The number of primary sulfonamides is 1. The highest BCUT2D eigenvalue weighted by atomic mass is 32.2. The first kappa shape index (κ1) is 13.7. The predicted molar refractivity (Wildman–Crippen MR) is 69.7 cm³/mol. The number of benzene rings is 1. The fraction of sp³-hybridized carbons (Fsp3) is 0.250. The minimum Gasteiger partial charge on any atom is -0.447 e. The first-order chi connectivity index (χ1) is 9.05. The van der Waals surface area contributed by atoms with Crippen LogP contribution >= 0.6 is 0 Å². The van der Waals surface area contributed by atoms with Gasteiger partial charge in [0.05, 0.1) is 17.6 Å². The van der Waals surface area contributed by atoms with E-state index in [0.717, 1.165) is 24.3 Å². The van der Waals surface area contributed by atoms with Crippen molar-refractivity contribution >= 4 is 10.0 Å². The third-order valence-corrected chi connectivity index (χ3v) is 3.55. The molecule has 0 atom stereocenters. The zero-order valence-electron chi connectivity index (χ0n) is 10.2. The molecule has 7 heteroatoms. The number of nitrogens with two attached hydrogens (primary N) is 1. The first-order valence-electron chi connectivity index (χ1n) is 5.75. The summed E-state index contributed by atoms with van der Waals surface area (Å²) in [4.78, 5) is 3.95. The van der Waals surface area contributed by atoms with Crippen LogP contribution in [0.15, 0.2) is 46.2 Å². The molecule has 2 rings (SSSR count). The molecule has 1 aromatic carbocycles. The fourth-order valence-corrected chi connectivity index (χ4v) is 2.13. The van der Waals surface area contributed by atoms with Crippen LogP contribution in [0.5, 0.6) is 0 Å². The van der Waals surface area contributed by atoms with Gasteiger partial charge in [-0.15, -0.1) is 0 Å². The lowest BCUT2D eigenvalue weighted by Crippen LogP contribution is -2.16. The molecule has 0 aliphatic heterocycles. The lowest BCUT2D eigenvalue weighted by molar-refractivity contribution is 0.480. The van der Waals surface area contributed by atoms with Crippen LogP contribution in [0.3, 0.4) is 0 Å². The molecule has 0 saturated carbocycles. The van der Waals surface area contributed by atoms with E-state index in [-0.39, 0.29) is 4.90 Å². The quantitative estimate of drug-likeness (QED) is 0.758. The van der Waals surface area contributed by atoms with Crippen molar-refractivity contribution in [2.45, 2.75) is 17.9 Å². The molecule has 0 bridgehead atoms. The van der Waals surface area contributed by atoms with Gasteiger partial charge in [-0.3, -0.25) is 0 Å². The van der Waals surface area contributed by atoms with Crippen molar-refractivity contribution in [3.05, 3.63) is 48.2 Å². The molecule has 3 N–H and O–H groups in total. The summed E-state index contributed by atoms with van der Waals surface area (Å²) in [6, 6.07) is 6.55. The van der Waals surface area contributed by atoms with Crippen molar-refractivity contribution in [1.29, 1.82) is 0 Å². The molecule has 0 aliphatic carbocycles. The Morgan fingerprint density at radius 3 is 2.58 bits per heavy atom. The van der Waals surface area contributed by atoms with Gasteiger partial charge in [-0.25, -0.2) is 18.5 Å². The number of oxazole rings is 1. The van der Waals surface area contributed by atoms with Crippen LogP contribution in [0.4, 0.5) is 0 Å². The average Bonchev–Trinajstić information content (AvgIpc) is 2.87. The topological polar surface area (TPSA) is 98.2 Å². The molecule has 102 valence electrons. The number of hydrogen-bond acceptors (Lipinski definition) is 5. The van der Waals surface area contributed by atoms with Gasteiger partial charge < -0.3 is 9.73 Å². The van der Waals surface area contributed by atoms with E-state index in [9.17, 15) is 8.42 Å². The number of rotatable bonds is 6. The summed E-state index contributed by atoms with van der Waals surface area (Å²) in [5.74, 6) is 0.782. The highest BCUT2D eigenvalue weighted by Gasteiger charge is 2.06. The van der Waals surface area contributed by atoms with Crippen LogP contribution < -0.4 is 10.5 Å². The molecule has 0 fully saturated rings. The van der Waals surface area contributed by atoms with E-state index < -0.39 is 10.0 Å². The SMILES string of the molecule is NS(=O)(=O)c1ccc(CCNCc2cnco2)cc1. The molecule has 0 amide bonds. The van der Waals surface area contributed by atoms with Gasteiger partial charge in [0.1, 0.15) is 5.76 Å². The lowest BCUT2D eigenvalue weighted by atomic mass is 10.1. The Morgan fingerprint density at radius 1 is 1.26 bits per heavy atom. The number of nitrogens with one attached hydrogen (secondary N) is 1. The summed E-state index contributed by atoms with van der Waals surface area (Å²) in [6.45, 7) is 1.38. The summed E-state index contributed by atoms with van der Waals surface area (Å²) < 4.78 is 27.3. The fourth-order valence-electron chi connectivity index (χ4n) is 1.62. The van der Waals surface area contributed by atoms with Crippen LogP contribution in [-0.4, -0.2) is 19.9 Å². The van der Waals surface area contributed by atoms with Crippen LogP contribution in [0.25, 0.3) is 0 Å². The van der Waals surface area contributed by atoms with Gasteiger partial charge in [-0.1, -0.05) is 12.1 Å².